The van der Waals surface area contributed by atoms with Gasteiger partial charge in [-0.1, -0.05) is 18.6 Å². The zero-order valence-electron chi connectivity index (χ0n) is 14.3. The van der Waals surface area contributed by atoms with Crippen LogP contribution in [-0.2, 0) is 20.8 Å². The molecule has 1 saturated heterocycles. The summed E-state index contributed by atoms with van der Waals surface area (Å²) < 4.78 is 0. The Hall–Kier alpha value is -2.17. The van der Waals surface area contributed by atoms with Crippen molar-refractivity contribution in [1.82, 2.24) is 5.32 Å². The van der Waals surface area contributed by atoms with E-state index in [4.69, 9.17) is 0 Å². The number of benzene rings is 1. The molecule has 4 atom stereocenters. The van der Waals surface area contributed by atoms with Crippen LogP contribution < -0.4 is 10.6 Å². The lowest BCUT2D eigenvalue weighted by atomic mass is 9.86. The second-order valence-corrected chi connectivity index (χ2v) is 7.90. The first kappa shape index (κ1) is 16.3. The van der Waals surface area contributed by atoms with Crippen LogP contribution in [0.15, 0.2) is 24.3 Å². The maximum absolute atomic E-state index is 12.3. The molecule has 132 valence electrons. The number of rotatable bonds is 5. The Bertz CT molecular complexity index is 697. The van der Waals surface area contributed by atoms with E-state index in [-0.39, 0.29) is 30.1 Å². The van der Waals surface area contributed by atoms with Gasteiger partial charge >= 0.3 is 0 Å². The summed E-state index contributed by atoms with van der Waals surface area (Å²) in [4.78, 5) is 35.2. The Morgan fingerprint density at radius 2 is 1.92 bits per heavy atom. The highest BCUT2D eigenvalue weighted by molar-refractivity contribution is 6.03. The summed E-state index contributed by atoms with van der Waals surface area (Å²) in [5, 5.41) is 5.33. The number of nitrogens with one attached hydrogen (secondary N) is 2. The third kappa shape index (κ3) is 3.60. The zero-order valence-corrected chi connectivity index (χ0v) is 14.3. The van der Waals surface area contributed by atoms with E-state index >= 15 is 0 Å². The molecule has 0 radical (unpaired) electrons. The first-order valence-corrected chi connectivity index (χ1v) is 9.29. The number of imide groups is 1. The summed E-state index contributed by atoms with van der Waals surface area (Å²) in [6.07, 6.45) is 6.65. The molecule has 1 aromatic carbocycles. The predicted octanol–water partition coefficient (Wildman–Crippen LogP) is 2.66. The topological polar surface area (TPSA) is 75.3 Å². The molecule has 25 heavy (non-hydrogen) atoms. The van der Waals surface area contributed by atoms with Gasteiger partial charge in [0.2, 0.25) is 17.7 Å². The van der Waals surface area contributed by atoms with Crippen molar-refractivity contribution < 1.29 is 14.4 Å². The van der Waals surface area contributed by atoms with Crippen molar-refractivity contribution >= 4 is 23.4 Å². The van der Waals surface area contributed by atoms with E-state index in [2.05, 4.69) is 10.6 Å². The average molecular weight is 340 g/mol. The summed E-state index contributed by atoms with van der Waals surface area (Å²) in [5.74, 6) is 1.64. The van der Waals surface area contributed by atoms with Gasteiger partial charge in [-0.25, -0.2) is 0 Å². The van der Waals surface area contributed by atoms with Crippen molar-refractivity contribution in [3.63, 3.8) is 0 Å². The molecule has 1 heterocycles. The normalized spacial score (nSPS) is 30.6. The molecule has 2 N–H and O–H groups in total. The Morgan fingerprint density at radius 3 is 2.52 bits per heavy atom. The van der Waals surface area contributed by atoms with E-state index < -0.39 is 0 Å². The van der Waals surface area contributed by atoms with Gasteiger partial charge in [-0.3, -0.25) is 19.7 Å². The van der Waals surface area contributed by atoms with Crippen molar-refractivity contribution in [1.29, 1.82) is 0 Å². The molecule has 0 unspecified atom stereocenters. The minimum atomic E-state index is -0.272. The van der Waals surface area contributed by atoms with Crippen LogP contribution in [-0.4, -0.2) is 17.7 Å². The second-order valence-electron chi connectivity index (χ2n) is 7.90. The quantitative estimate of drug-likeness (QED) is 0.809. The smallest absolute Gasteiger partial charge is 0.230 e. The van der Waals surface area contributed by atoms with Gasteiger partial charge in [0, 0.05) is 18.5 Å². The number of carbonyl (C=O) groups excluding carboxylic acids is 3. The number of hydrogen-bond acceptors (Lipinski definition) is 3. The summed E-state index contributed by atoms with van der Waals surface area (Å²) in [6.45, 7) is 0. The summed E-state index contributed by atoms with van der Waals surface area (Å²) in [6, 6.07) is 7.60. The second kappa shape index (κ2) is 6.62. The Morgan fingerprint density at radius 1 is 1.12 bits per heavy atom. The predicted molar refractivity (Wildman–Crippen MR) is 93.6 cm³/mol. The highest BCUT2D eigenvalue weighted by atomic mass is 16.2. The van der Waals surface area contributed by atoms with Crippen LogP contribution in [0.25, 0.3) is 0 Å². The number of fused-ring (bicyclic) bond motifs is 2. The van der Waals surface area contributed by atoms with Gasteiger partial charge in [0.15, 0.2) is 0 Å². The standard InChI is InChI=1S/C20H24N2O3/c23-18(10-15-9-13-1-4-14(15)8-13)21-17-5-2-12(3-6-17)7-16-11-19(24)22-20(16)25/h2-3,5-6,13-16H,1,4,7-11H2,(H,21,23)(H,22,24,25)/t13-,14-,15-,16-/m0/s1. The molecule has 4 rings (SSSR count). The van der Waals surface area contributed by atoms with E-state index in [0.717, 1.165) is 23.1 Å². The molecule has 2 bridgehead atoms. The van der Waals surface area contributed by atoms with Crippen molar-refractivity contribution in [2.75, 3.05) is 5.32 Å². The zero-order chi connectivity index (χ0) is 17.4. The summed E-state index contributed by atoms with van der Waals surface area (Å²) >= 11 is 0. The van der Waals surface area contributed by atoms with Gasteiger partial charge in [-0.15, -0.1) is 0 Å². The monoisotopic (exact) mass is 340 g/mol. The molecule has 3 fully saturated rings. The molecule has 2 saturated carbocycles. The van der Waals surface area contributed by atoms with Crippen LogP contribution in [0.1, 0.15) is 44.1 Å². The van der Waals surface area contributed by atoms with Crippen LogP contribution in [0.3, 0.4) is 0 Å². The van der Waals surface area contributed by atoms with Crippen molar-refractivity contribution in [2.45, 2.75) is 44.9 Å². The third-order valence-electron chi connectivity index (χ3n) is 6.12. The van der Waals surface area contributed by atoms with Crippen LogP contribution in [0, 0.1) is 23.7 Å². The van der Waals surface area contributed by atoms with Gasteiger partial charge in [0.1, 0.15) is 0 Å². The molecule has 3 amide bonds. The average Bonchev–Trinajstić information content (AvgIpc) is 3.26. The molecular weight excluding hydrogens is 316 g/mol. The SMILES string of the molecule is O=C1C[C@H](Cc2ccc(NC(=O)C[C@@H]3C[C@H]4CC[C@H]3C4)cc2)C(=O)N1. The molecule has 0 spiro atoms. The number of carbonyl (C=O) groups is 3. The fourth-order valence-corrected chi connectivity index (χ4v) is 4.86. The largest absolute Gasteiger partial charge is 0.326 e. The highest BCUT2D eigenvalue weighted by Gasteiger charge is 2.40. The molecule has 3 aliphatic rings. The van der Waals surface area contributed by atoms with Gasteiger partial charge in [0.25, 0.3) is 0 Å². The first-order valence-electron chi connectivity index (χ1n) is 9.29. The van der Waals surface area contributed by atoms with E-state index in [1.807, 2.05) is 24.3 Å². The van der Waals surface area contributed by atoms with Gasteiger partial charge in [-0.2, -0.15) is 0 Å². The van der Waals surface area contributed by atoms with Crippen molar-refractivity contribution in [3.8, 4) is 0 Å². The molecule has 0 aromatic heterocycles. The minimum absolute atomic E-state index is 0.103. The van der Waals surface area contributed by atoms with E-state index in [1.165, 1.54) is 25.7 Å². The van der Waals surface area contributed by atoms with Crippen LogP contribution in [0.2, 0.25) is 0 Å². The van der Waals surface area contributed by atoms with E-state index in [0.29, 0.717) is 18.8 Å². The fourth-order valence-electron chi connectivity index (χ4n) is 4.86. The Balaban J connectivity index is 1.29. The number of hydrogen-bond donors (Lipinski definition) is 2. The Labute approximate surface area is 147 Å². The summed E-state index contributed by atoms with van der Waals surface area (Å²) in [7, 11) is 0. The first-order chi connectivity index (χ1) is 12.1. The van der Waals surface area contributed by atoms with Crippen LogP contribution >= 0.6 is 0 Å². The lowest BCUT2D eigenvalue weighted by molar-refractivity contribution is -0.125. The highest BCUT2D eigenvalue weighted by Crippen LogP contribution is 2.49. The molecule has 1 aliphatic heterocycles. The Kier molecular flexibility index (Phi) is 4.32. The van der Waals surface area contributed by atoms with E-state index in [1.54, 1.807) is 0 Å². The number of anilines is 1. The van der Waals surface area contributed by atoms with Gasteiger partial charge in [0.05, 0.1) is 5.92 Å². The maximum Gasteiger partial charge on any atom is 0.230 e. The van der Waals surface area contributed by atoms with Gasteiger partial charge < -0.3 is 5.32 Å². The maximum atomic E-state index is 12.3. The van der Waals surface area contributed by atoms with Crippen molar-refractivity contribution in [3.05, 3.63) is 29.8 Å². The number of amides is 3. The summed E-state index contributed by atoms with van der Waals surface area (Å²) in [5.41, 5.74) is 1.80. The minimum Gasteiger partial charge on any atom is -0.326 e. The molecule has 1 aromatic rings. The van der Waals surface area contributed by atoms with Crippen LogP contribution in [0.4, 0.5) is 5.69 Å². The molecule has 5 nitrogen and oxygen atoms in total. The van der Waals surface area contributed by atoms with Gasteiger partial charge in [-0.05, 0) is 61.1 Å². The van der Waals surface area contributed by atoms with E-state index in [9.17, 15) is 14.4 Å². The molecule has 2 aliphatic carbocycles. The van der Waals surface area contributed by atoms with Crippen LogP contribution in [0.5, 0.6) is 0 Å². The van der Waals surface area contributed by atoms with Crippen molar-refractivity contribution in [2.24, 2.45) is 23.7 Å². The fraction of sp³-hybridized carbons (Fsp3) is 0.550. The molecular formula is C20H24N2O3. The lowest BCUT2D eigenvalue weighted by Crippen LogP contribution is -2.22. The third-order valence-corrected chi connectivity index (χ3v) is 6.12. The lowest BCUT2D eigenvalue weighted by Gasteiger charge is -2.20. The molecule has 5 heteroatoms.